The van der Waals surface area contributed by atoms with Gasteiger partial charge in [-0.1, -0.05) is 12.8 Å². The molecular formula is C10H15N3O2. The van der Waals surface area contributed by atoms with Crippen molar-refractivity contribution in [3.63, 3.8) is 0 Å². The lowest BCUT2D eigenvalue weighted by Crippen LogP contribution is -2.05. The number of carbonyl (C=O) groups excluding carboxylic acids is 1. The number of ether oxygens (including phenoxy) is 1. The smallest absolute Gasteiger partial charge is 0.343 e. The van der Waals surface area contributed by atoms with Crippen LogP contribution in [0, 0.1) is 0 Å². The summed E-state index contributed by atoms with van der Waals surface area (Å²) in [5.41, 5.74) is 6.02. The molecule has 1 aromatic heterocycles. The molecule has 1 saturated carbocycles. The van der Waals surface area contributed by atoms with Gasteiger partial charge >= 0.3 is 5.97 Å². The van der Waals surface area contributed by atoms with Crippen LogP contribution in [0.3, 0.4) is 0 Å². The maximum Gasteiger partial charge on any atom is 0.343 e. The molecule has 2 N–H and O–H groups in total. The number of esters is 1. The molecule has 0 atom stereocenters. The lowest BCUT2D eigenvalue weighted by atomic mass is 10.2. The van der Waals surface area contributed by atoms with Crippen LogP contribution in [0.4, 0.5) is 5.82 Å². The fourth-order valence-electron chi connectivity index (χ4n) is 2.03. The summed E-state index contributed by atoms with van der Waals surface area (Å²) in [6.07, 6.45) is 6.36. The van der Waals surface area contributed by atoms with E-state index in [1.54, 1.807) is 10.9 Å². The zero-order valence-corrected chi connectivity index (χ0v) is 8.77. The van der Waals surface area contributed by atoms with Gasteiger partial charge in [0.2, 0.25) is 0 Å². The summed E-state index contributed by atoms with van der Waals surface area (Å²) >= 11 is 0. The van der Waals surface area contributed by atoms with Gasteiger partial charge in [-0.25, -0.2) is 4.79 Å². The van der Waals surface area contributed by atoms with Crippen LogP contribution in [-0.4, -0.2) is 22.9 Å². The summed E-state index contributed by atoms with van der Waals surface area (Å²) in [5, 5.41) is 4.16. The maximum absolute atomic E-state index is 11.3. The first-order valence-corrected chi connectivity index (χ1v) is 5.15. The normalized spacial score (nSPS) is 16.9. The van der Waals surface area contributed by atoms with Crippen LogP contribution in [0.5, 0.6) is 0 Å². The number of rotatable bonds is 2. The average Bonchev–Trinajstić information content (AvgIpc) is 2.84. The molecule has 2 rings (SSSR count). The van der Waals surface area contributed by atoms with Crippen LogP contribution >= 0.6 is 0 Å². The monoisotopic (exact) mass is 209 g/mol. The van der Waals surface area contributed by atoms with Gasteiger partial charge in [0, 0.05) is 6.20 Å². The topological polar surface area (TPSA) is 70.1 Å². The molecule has 5 nitrogen and oxygen atoms in total. The summed E-state index contributed by atoms with van der Waals surface area (Å²) in [6, 6.07) is 0.394. The Hall–Kier alpha value is -1.52. The van der Waals surface area contributed by atoms with Gasteiger partial charge in [-0.05, 0) is 12.8 Å². The largest absolute Gasteiger partial charge is 0.465 e. The average molecular weight is 209 g/mol. The molecule has 1 aromatic rings. The van der Waals surface area contributed by atoms with E-state index in [0.717, 1.165) is 12.8 Å². The number of hydrogen-bond acceptors (Lipinski definition) is 4. The van der Waals surface area contributed by atoms with Gasteiger partial charge in [0.15, 0.2) is 5.82 Å². The summed E-state index contributed by atoms with van der Waals surface area (Å²) < 4.78 is 6.42. The number of anilines is 1. The van der Waals surface area contributed by atoms with Gasteiger partial charge < -0.3 is 10.5 Å². The van der Waals surface area contributed by atoms with E-state index in [9.17, 15) is 4.79 Å². The number of carbonyl (C=O) groups is 1. The van der Waals surface area contributed by atoms with Crippen molar-refractivity contribution in [2.75, 3.05) is 12.8 Å². The molecule has 0 saturated heterocycles. The predicted molar refractivity (Wildman–Crippen MR) is 55.5 cm³/mol. The molecule has 0 amide bonds. The third-order valence-electron chi connectivity index (χ3n) is 2.86. The molecule has 5 heteroatoms. The Morgan fingerprint density at radius 2 is 2.27 bits per heavy atom. The van der Waals surface area contributed by atoms with Gasteiger partial charge in [0.25, 0.3) is 0 Å². The quantitative estimate of drug-likeness (QED) is 0.747. The van der Waals surface area contributed by atoms with Crippen molar-refractivity contribution in [1.82, 2.24) is 9.78 Å². The van der Waals surface area contributed by atoms with Crippen LogP contribution in [-0.2, 0) is 4.74 Å². The molecule has 82 valence electrons. The van der Waals surface area contributed by atoms with E-state index >= 15 is 0 Å². The van der Waals surface area contributed by atoms with Gasteiger partial charge in [-0.15, -0.1) is 0 Å². The molecule has 1 fully saturated rings. The molecule has 1 aliphatic rings. The van der Waals surface area contributed by atoms with Crippen LogP contribution in [0.15, 0.2) is 6.20 Å². The second-order valence-electron chi connectivity index (χ2n) is 3.84. The summed E-state index contributed by atoms with van der Waals surface area (Å²) in [5.74, 6) is -0.162. The van der Waals surface area contributed by atoms with Crippen molar-refractivity contribution in [3.8, 4) is 0 Å². The van der Waals surface area contributed by atoms with E-state index in [1.165, 1.54) is 20.0 Å². The number of nitrogens with zero attached hydrogens (tertiary/aromatic N) is 2. The van der Waals surface area contributed by atoms with E-state index < -0.39 is 5.97 Å². The summed E-state index contributed by atoms with van der Waals surface area (Å²) in [4.78, 5) is 11.3. The van der Waals surface area contributed by atoms with Crippen molar-refractivity contribution in [1.29, 1.82) is 0 Å². The van der Waals surface area contributed by atoms with Gasteiger partial charge in [-0.2, -0.15) is 5.10 Å². The van der Waals surface area contributed by atoms with E-state index in [-0.39, 0.29) is 5.82 Å². The van der Waals surface area contributed by atoms with E-state index in [0.29, 0.717) is 11.6 Å². The zero-order valence-electron chi connectivity index (χ0n) is 8.77. The number of methoxy groups -OCH3 is 1. The minimum Gasteiger partial charge on any atom is -0.465 e. The Morgan fingerprint density at radius 1 is 1.60 bits per heavy atom. The molecule has 0 spiro atoms. The van der Waals surface area contributed by atoms with Crippen LogP contribution in [0.2, 0.25) is 0 Å². The molecule has 0 aliphatic heterocycles. The van der Waals surface area contributed by atoms with Crippen molar-refractivity contribution in [2.45, 2.75) is 31.7 Å². The van der Waals surface area contributed by atoms with Crippen molar-refractivity contribution >= 4 is 11.8 Å². The molecule has 0 aromatic carbocycles. The fourth-order valence-corrected chi connectivity index (χ4v) is 2.03. The summed E-state index contributed by atoms with van der Waals surface area (Å²) in [7, 11) is 1.34. The highest BCUT2D eigenvalue weighted by atomic mass is 16.5. The predicted octanol–water partition coefficient (Wildman–Crippen LogP) is 1.37. The van der Waals surface area contributed by atoms with E-state index in [1.807, 2.05) is 0 Å². The number of hydrogen-bond donors (Lipinski definition) is 1. The first kappa shape index (κ1) is 10.0. The van der Waals surface area contributed by atoms with Gasteiger partial charge in [-0.3, -0.25) is 4.68 Å². The van der Waals surface area contributed by atoms with Crippen molar-refractivity contribution in [2.24, 2.45) is 0 Å². The second kappa shape index (κ2) is 3.92. The molecule has 0 unspecified atom stereocenters. The number of nitrogen functional groups attached to an aromatic ring is 1. The Labute approximate surface area is 88.2 Å². The Morgan fingerprint density at radius 3 is 2.87 bits per heavy atom. The second-order valence-corrected chi connectivity index (χ2v) is 3.84. The third kappa shape index (κ3) is 1.82. The highest BCUT2D eigenvalue weighted by Gasteiger charge is 2.21. The third-order valence-corrected chi connectivity index (χ3v) is 2.86. The molecule has 1 heterocycles. The molecular weight excluding hydrogens is 194 g/mol. The lowest BCUT2D eigenvalue weighted by Gasteiger charge is -2.08. The van der Waals surface area contributed by atoms with E-state index in [2.05, 4.69) is 9.84 Å². The van der Waals surface area contributed by atoms with Gasteiger partial charge in [0.1, 0.15) is 5.56 Å². The molecule has 0 bridgehead atoms. The van der Waals surface area contributed by atoms with E-state index in [4.69, 9.17) is 5.73 Å². The summed E-state index contributed by atoms with van der Waals surface area (Å²) in [6.45, 7) is 0. The Bertz CT molecular complexity index is 367. The minimum atomic E-state index is -0.420. The standard InChI is InChI=1S/C10H15N3O2/c1-15-10(14)8-6-13(12-9(8)11)7-4-2-3-5-7/h6-7H,2-5H2,1H3,(H2,11,12). The first-order chi connectivity index (χ1) is 7.22. The molecule has 15 heavy (non-hydrogen) atoms. The van der Waals surface area contributed by atoms with Gasteiger partial charge in [0.05, 0.1) is 13.2 Å². The van der Waals surface area contributed by atoms with Crippen LogP contribution in [0.1, 0.15) is 42.1 Å². The molecule has 1 aliphatic carbocycles. The minimum absolute atomic E-state index is 0.258. The SMILES string of the molecule is COC(=O)c1cn(C2CCCC2)nc1N. The van der Waals surface area contributed by atoms with Crippen LogP contribution < -0.4 is 5.73 Å². The van der Waals surface area contributed by atoms with Crippen LogP contribution in [0.25, 0.3) is 0 Å². The highest BCUT2D eigenvalue weighted by molar-refractivity contribution is 5.93. The fraction of sp³-hybridized carbons (Fsp3) is 0.600. The number of aromatic nitrogens is 2. The van der Waals surface area contributed by atoms with Crippen molar-refractivity contribution < 1.29 is 9.53 Å². The maximum atomic E-state index is 11.3. The van der Waals surface area contributed by atoms with Crippen molar-refractivity contribution in [3.05, 3.63) is 11.8 Å². The molecule has 0 radical (unpaired) electrons. The first-order valence-electron chi connectivity index (χ1n) is 5.15. The zero-order chi connectivity index (χ0) is 10.8. The lowest BCUT2D eigenvalue weighted by molar-refractivity contribution is 0.0601. The highest BCUT2D eigenvalue weighted by Crippen LogP contribution is 2.29. The number of nitrogens with two attached hydrogens (primary N) is 1. The Kier molecular flexibility index (Phi) is 2.62. The Balaban J connectivity index is 2.23.